The number of nitrogens with zero attached hydrogens (tertiary/aromatic N) is 1. The summed E-state index contributed by atoms with van der Waals surface area (Å²) < 4.78 is 31.3. The van der Waals surface area contributed by atoms with E-state index < -0.39 is 34.2 Å². The van der Waals surface area contributed by atoms with Crippen molar-refractivity contribution < 1.29 is 38.7 Å². The van der Waals surface area contributed by atoms with Crippen LogP contribution in [0.3, 0.4) is 0 Å². The number of esters is 1. The molecule has 1 aromatic carbocycles. The lowest BCUT2D eigenvalue weighted by atomic mass is 9.42. The van der Waals surface area contributed by atoms with E-state index in [0.717, 1.165) is 24.9 Å². The van der Waals surface area contributed by atoms with Gasteiger partial charge in [-0.1, -0.05) is 19.1 Å². The van der Waals surface area contributed by atoms with Crippen LogP contribution in [0.4, 0.5) is 5.69 Å². The molecule has 7 rings (SSSR count). The van der Waals surface area contributed by atoms with Crippen molar-refractivity contribution in [2.75, 3.05) is 60.5 Å². The van der Waals surface area contributed by atoms with Gasteiger partial charge in [0.2, 0.25) is 0 Å². The maximum absolute atomic E-state index is 13.6. The lowest BCUT2D eigenvalue weighted by Gasteiger charge is -2.70. The second-order valence-electron chi connectivity index (χ2n) is 14.1. The number of rotatable bonds is 9. The van der Waals surface area contributed by atoms with Crippen LogP contribution in [0.25, 0.3) is 0 Å². The maximum atomic E-state index is 13.6. The molecule has 3 N–H and O–H groups in total. The number of likely N-dealkylation sites (tertiary alicyclic amines) is 1. The quantitative estimate of drug-likeness (QED) is 0.364. The molecule has 0 radical (unpaired) electrons. The molecule has 13 atom stereocenters. The highest BCUT2D eigenvalue weighted by Crippen LogP contribution is 2.80. The molecule has 6 aliphatic rings. The number of nitrogens with one attached hydrogen (secondary N) is 1. The van der Waals surface area contributed by atoms with Gasteiger partial charge in [-0.05, 0) is 43.9 Å². The molecular formula is C33H48N2O8. The summed E-state index contributed by atoms with van der Waals surface area (Å²) in [6, 6.07) is 6.98. The first-order valence-corrected chi connectivity index (χ1v) is 15.9. The van der Waals surface area contributed by atoms with Crippen molar-refractivity contribution in [1.29, 1.82) is 0 Å². The molecule has 1 heterocycles. The zero-order chi connectivity index (χ0) is 30.5. The molecule has 43 heavy (non-hydrogen) atoms. The minimum Gasteiger partial charge on any atom is -0.461 e. The predicted octanol–water partition coefficient (Wildman–Crippen LogP) is 2.18. The van der Waals surface area contributed by atoms with E-state index in [9.17, 15) is 15.0 Å². The van der Waals surface area contributed by atoms with E-state index in [4.69, 9.17) is 23.7 Å². The normalized spacial score (nSPS) is 49.2. The highest BCUT2D eigenvalue weighted by Gasteiger charge is 2.91. The fraction of sp³-hybridized carbons (Fsp3) is 0.788. The second kappa shape index (κ2) is 10.1. The van der Waals surface area contributed by atoms with E-state index in [0.29, 0.717) is 25.1 Å². The Morgan fingerprint density at radius 1 is 1.09 bits per heavy atom. The summed E-state index contributed by atoms with van der Waals surface area (Å²) >= 11 is 0. The van der Waals surface area contributed by atoms with Crippen LogP contribution in [-0.2, 0) is 23.7 Å². The third-order valence-electron chi connectivity index (χ3n) is 13.2. The molecule has 1 spiro atoms. The summed E-state index contributed by atoms with van der Waals surface area (Å²) in [7, 11) is 8.63. The number of methoxy groups -OCH3 is 4. The predicted molar refractivity (Wildman–Crippen MR) is 158 cm³/mol. The van der Waals surface area contributed by atoms with Crippen molar-refractivity contribution in [3.63, 3.8) is 0 Å². The van der Waals surface area contributed by atoms with E-state index in [1.165, 1.54) is 0 Å². The van der Waals surface area contributed by atoms with Gasteiger partial charge in [0, 0.05) is 82.7 Å². The van der Waals surface area contributed by atoms with Crippen LogP contribution >= 0.6 is 0 Å². The Hall–Kier alpha value is -1.79. The molecule has 238 valence electrons. The molecule has 7 bridgehead atoms. The Balaban J connectivity index is 1.40. The van der Waals surface area contributed by atoms with E-state index in [1.807, 2.05) is 18.2 Å². The van der Waals surface area contributed by atoms with Crippen molar-refractivity contribution in [1.82, 2.24) is 4.90 Å². The topological polar surface area (TPSA) is 119 Å². The molecular weight excluding hydrogens is 552 g/mol. The van der Waals surface area contributed by atoms with Gasteiger partial charge in [0.05, 0.1) is 42.6 Å². The minimum atomic E-state index is -1.61. The summed E-state index contributed by atoms with van der Waals surface area (Å²) in [4.78, 5) is 15.9. The summed E-state index contributed by atoms with van der Waals surface area (Å²) in [5.41, 5.74) is -2.95. The molecule has 6 fully saturated rings. The first-order valence-electron chi connectivity index (χ1n) is 15.9. The number of anilines is 1. The van der Waals surface area contributed by atoms with Crippen molar-refractivity contribution in [3.8, 4) is 0 Å². The standard InChI is InChI=1S/C33H48N2O8/c1-7-35-16-30(17-43-28(36)18-10-8-9-11-21(18)34-2)13-12-23(40-4)32-20-14-19-22(39-3)15-31(37,24(20)25(19)41-5)33(38,29(32)35)27(42-6)26(30)32/h8-11,19-20,22-27,29,34,37-38H,7,12-17H2,1-6H3. The average Bonchev–Trinajstić information content (AvgIpc) is 3.44. The molecule has 0 aromatic heterocycles. The highest BCUT2D eigenvalue weighted by atomic mass is 16.5. The summed E-state index contributed by atoms with van der Waals surface area (Å²) in [5, 5.41) is 29.5. The average molecular weight is 601 g/mol. The lowest BCUT2D eigenvalue weighted by molar-refractivity contribution is -0.320. The Morgan fingerprint density at radius 2 is 1.86 bits per heavy atom. The second-order valence-corrected chi connectivity index (χ2v) is 14.1. The summed E-state index contributed by atoms with van der Waals surface area (Å²) in [5.74, 6) is -0.773. The van der Waals surface area contributed by atoms with E-state index in [-0.39, 0.29) is 54.6 Å². The molecule has 0 amide bonds. The Labute approximate surface area is 254 Å². The van der Waals surface area contributed by atoms with Gasteiger partial charge in [-0.3, -0.25) is 4.90 Å². The van der Waals surface area contributed by atoms with E-state index >= 15 is 0 Å². The van der Waals surface area contributed by atoms with Gasteiger partial charge < -0.3 is 39.2 Å². The lowest BCUT2D eigenvalue weighted by Crippen LogP contribution is -2.82. The van der Waals surface area contributed by atoms with Gasteiger partial charge in [-0.25, -0.2) is 4.79 Å². The number of carbonyl (C=O) groups excluding carboxylic acids is 1. The Bertz CT molecular complexity index is 1270. The SMILES string of the molecule is CCN1CC2(COC(=O)c3ccccc3NC)CCC(OC)C34C5CC6C(OC)CC(O)(C5C6OC)C(O)(C(OC)C23)C14. The van der Waals surface area contributed by atoms with Crippen LogP contribution in [0.2, 0.25) is 0 Å². The fourth-order valence-electron chi connectivity index (χ4n) is 12.2. The number of hydrogen-bond donors (Lipinski definition) is 3. The number of fused-ring (bicyclic) bond motifs is 2. The number of aliphatic hydroxyl groups is 2. The number of carbonyl (C=O) groups is 1. The van der Waals surface area contributed by atoms with Crippen molar-refractivity contribution in [2.24, 2.45) is 34.5 Å². The number of hydrogen-bond acceptors (Lipinski definition) is 10. The smallest absolute Gasteiger partial charge is 0.340 e. The largest absolute Gasteiger partial charge is 0.461 e. The Kier molecular flexibility index (Phi) is 7.03. The van der Waals surface area contributed by atoms with Gasteiger partial charge >= 0.3 is 5.97 Å². The molecule has 1 aliphatic heterocycles. The van der Waals surface area contributed by atoms with Crippen LogP contribution in [0, 0.1) is 34.5 Å². The molecule has 10 heteroatoms. The van der Waals surface area contributed by atoms with Crippen LogP contribution in [0.15, 0.2) is 24.3 Å². The van der Waals surface area contributed by atoms with E-state index in [1.54, 1.807) is 41.6 Å². The van der Waals surface area contributed by atoms with Crippen LogP contribution in [0.1, 0.15) is 43.0 Å². The highest BCUT2D eigenvalue weighted by molar-refractivity contribution is 5.95. The molecule has 5 saturated carbocycles. The molecule has 13 unspecified atom stereocenters. The maximum Gasteiger partial charge on any atom is 0.340 e. The minimum absolute atomic E-state index is 0.00252. The number of likely N-dealkylation sites (N-methyl/N-ethyl adjacent to an activating group) is 1. The monoisotopic (exact) mass is 600 g/mol. The van der Waals surface area contributed by atoms with Crippen molar-refractivity contribution >= 4 is 11.7 Å². The first kappa shape index (κ1) is 29.9. The van der Waals surface area contributed by atoms with Gasteiger partial charge in [0.25, 0.3) is 0 Å². The van der Waals surface area contributed by atoms with Gasteiger partial charge in [-0.2, -0.15) is 0 Å². The first-order chi connectivity index (χ1) is 20.7. The number of piperidine rings is 1. The number of benzene rings is 1. The third-order valence-corrected chi connectivity index (χ3v) is 13.2. The van der Waals surface area contributed by atoms with Crippen molar-refractivity contribution in [2.45, 2.75) is 74.3 Å². The number of para-hydroxylation sites is 1. The van der Waals surface area contributed by atoms with Gasteiger partial charge in [0.15, 0.2) is 0 Å². The number of ether oxygens (including phenoxy) is 5. The van der Waals surface area contributed by atoms with Crippen LogP contribution < -0.4 is 5.32 Å². The van der Waals surface area contributed by atoms with Gasteiger partial charge in [0.1, 0.15) is 11.2 Å². The zero-order valence-corrected chi connectivity index (χ0v) is 26.2. The van der Waals surface area contributed by atoms with Crippen LogP contribution in [-0.4, -0.2) is 118 Å². The fourth-order valence-corrected chi connectivity index (χ4v) is 12.2. The van der Waals surface area contributed by atoms with E-state index in [2.05, 4.69) is 17.1 Å². The third kappa shape index (κ3) is 3.36. The summed E-state index contributed by atoms with van der Waals surface area (Å²) in [6.45, 7) is 3.61. The Morgan fingerprint density at radius 3 is 2.51 bits per heavy atom. The summed E-state index contributed by atoms with van der Waals surface area (Å²) in [6.07, 6.45) is 1.30. The van der Waals surface area contributed by atoms with Gasteiger partial charge in [-0.15, -0.1) is 0 Å². The molecule has 1 aromatic rings. The van der Waals surface area contributed by atoms with Crippen molar-refractivity contribution in [3.05, 3.63) is 29.8 Å². The molecule has 5 aliphatic carbocycles. The zero-order valence-electron chi connectivity index (χ0n) is 26.2. The van der Waals surface area contributed by atoms with Crippen LogP contribution in [0.5, 0.6) is 0 Å². The molecule has 1 saturated heterocycles. The molecule has 10 nitrogen and oxygen atoms in total.